The van der Waals surface area contributed by atoms with E-state index in [0.717, 1.165) is 18.3 Å². The molecular weight excluding hydrogens is 337 g/mol. The third-order valence-corrected chi connectivity index (χ3v) is 6.56. The summed E-state index contributed by atoms with van der Waals surface area (Å²) < 4.78 is 1.43. The van der Waals surface area contributed by atoms with Crippen LogP contribution in [-0.2, 0) is 4.79 Å². The van der Waals surface area contributed by atoms with E-state index >= 15 is 0 Å². The molecule has 0 unspecified atom stereocenters. The van der Waals surface area contributed by atoms with Crippen LogP contribution in [0, 0.1) is 17.3 Å². The zero-order chi connectivity index (χ0) is 16.2. The van der Waals surface area contributed by atoms with Crippen molar-refractivity contribution in [3.8, 4) is 0 Å². The predicted molar refractivity (Wildman–Crippen MR) is 94.5 cm³/mol. The van der Waals surface area contributed by atoms with Crippen LogP contribution in [0.25, 0.3) is 0 Å². The third kappa shape index (κ3) is 4.72. The van der Waals surface area contributed by atoms with Crippen molar-refractivity contribution in [2.24, 2.45) is 17.3 Å². The standard InChI is InChI=1S/C19H27NOSe/c1-5-11-20-13-15(14-22-16-9-7-6-8-10-16)17(18(20)21)12-19(2,3)4/h5-10,15,17H,1,11-14H2,2-4H3/t15-,17-/m1/s1. The van der Waals surface area contributed by atoms with Gasteiger partial charge >= 0.3 is 141 Å². The number of hydrogen-bond donors (Lipinski definition) is 0. The summed E-state index contributed by atoms with van der Waals surface area (Å²) in [5.41, 5.74) is 0.197. The van der Waals surface area contributed by atoms with Crippen LogP contribution in [0.1, 0.15) is 27.2 Å². The van der Waals surface area contributed by atoms with Crippen LogP contribution < -0.4 is 4.46 Å². The van der Waals surface area contributed by atoms with Crippen LogP contribution in [0.2, 0.25) is 5.32 Å². The van der Waals surface area contributed by atoms with Crippen molar-refractivity contribution in [3.63, 3.8) is 0 Å². The summed E-state index contributed by atoms with van der Waals surface area (Å²) in [6.45, 7) is 12.1. The first kappa shape index (κ1) is 17.3. The molecule has 1 fully saturated rings. The number of nitrogens with zero attached hydrogens (tertiary/aromatic N) is 1. The zero-order valence-corrected chi connectivity index (χ0v) is 15.6. The molecule has 1 heterocycles. The van der Waals surface area contributed by atoms with Crippen LogP contribution >= 0.6 is 0 Å². The molecule has 1 aliphatic heterocycles. The van der Waals surface area contributed by atoms with Crippen molar-refractivity contribution in [2.75, 3.05) is 13.1 Å². The Bertz CT molecular complexity index is 506. The molecular formula is C19H27NOSe. The van der Waals surface area contributed by atoms with Gasteiger partial charge in [-0.05, 0) is 0 Å². The first-order valence-corrected chi connectivity index (χ1v) is 10.0. The molecule has 22 heavy (non-hydrogen) atoms. The Morgan fingerprint density at radius 2 is 2.00 bits per heavy atom. The molecule has 0 spiro atoms. The average Bonchev–Trinajstić information content (AvgIpc) is 2.74. The van der Waals surface area contributed by atoms with Crippen molar-refractivity contribution >= 4 is 25.3 Å². The van der Waals surface area contributed by atoms with Gasteiger partial charge in [0, 0.05) is 0 Å². The number of hydrogen-bond acceptors (Lipinski definition) is 1. The van der Waals surface area contributed by atoms with E-state index in [-0.39, 0.29) is 11.3 Å². The summed E-state index contributed by atoms with van der Waals surface area (Å²) in [6, 6.07) is 10.7. The fourth-order valence-corrected chi connectivity index (χ4v) is 5.35. The monoisotopic (exact) mass is 365 g/mol. The second-order valence-electron chi connectivity index (χ2n) is 7.29. The molecule has 2 rings (SSSR count). The molecule has 0 saturated carbocycles. The minimum atomic E-state index is 0.186. The summed E-state index contributed by atoms with van der Waals surface area (Å²) in [6.07, 6.45) is 2.83. The van der Waals surface area contributed by atoms with Crippen LogP contribution in [0.3, 0.4) is 0 Å². The third-order valence-electron chi connectivity index (χ3n) is 4.04. The van der Waals surface area contributed by atoms with Gasteiger partial charge in [-0.15, -0.1) is 0 Å². The van der Waals surface area contributed by atoms with E-state index in [1.54, 1.807) is 0 Å². The predicted octanol–water partition coefficient (Wildman–Crippen LogP) is 3.13. The van der Waals surface area contributed by atoms with E-state index < -0.39 is 0 Å². The van der Waals surface area contributed by atoms with Gasteiger partial charge in [0.25, 0.3) is 0 Å². The number of carbonyl (C=O) groups excluding carboxylic acids is 1. The van der Waals surface area contributed by atoms with Crippen molar-refractivity contribution in [3.05, 3.63) is 43.0 Å². The first-order valence-electron chi connectivity index (χ1n) is 7.98. The van der Waals surface area contributed by atoms with E-state index in [4.69, 9.17) is 0 Å². The molecule has 1 aliphatic rings. The average molecular weight is 364 g/mol. The van der Waals surface area contributed by atoms with Crippen molar-refractivity contribution in [2.45, 2.75) is 32.5 Å². The van der Waals surface area contributed by atoms with E-state index in [9.17, 15) is 4.79 Å². The molecule has 0 radical (unpaired) electrons. The molecule has 1 saturated heterocycles. The molecule has 120 valence electrons. The Balaban J connectivity index is 2.05. The van der Waals surface area contributed by atoms with Gasteiger partial charge < -0.3 is 0 Å². The number of likely N-dealkylation sites (tertiary alicyclic amines) is 1. The Morgan fingerprint density at radius 1 is 1.32 bits per heavy atom. The van der Waals surface area contributed by atoms with Gasteiger partial charge in [0.15, 0.2) is 0 Å². The minimum absolute atomic E-state index is 0.186. The van der Waals surface area contributed by atoms with Crippen LogP contribution in [0.5, 0.6) is 0 Å². The van der Waals surface area contributed by atoms with Gasteiger partial charge in [0.1, 0.15) is 0 Å². The van der Waals surface area contributed by atoms with Crippen molar-refractivity contribution in [1.29, 1.82) is 0 Å². The zero-order valence-electron chi connectivity index (χ0n) is 13.9. The second-order valence-corrected chi connectivity index (χ2v) is 9.58. The molecule has 3 heteroatoms. The van der Waals surface area contributed by atoms with E-state index in [1.165, 1.54) is 4.46 Å². The van der Waals surface area contributed by atoms with Gasteiger partial charge in [0.05, 0.1) is 0 Å². The van der Waals surface area contributed by atoms with Gasteiger partial charge in [-0.3, -0.25) is 0 Å². The van der Waals surface area contributed by atoms with Crippen LogP contribution in [0.15, 0.2) is 43.0 Å². The Kier molecular flexibility index (Phi) is 5.88. The van der Waals surface area contributed by atoms with Gasteiger partial charge in [0.2, 0.25) is 0 Å². The quantitative estimate of drug-likeness (QED) is 0.561. The normalized spacial score (nSPS) is 22.1. The molecule has 1 aromatic rings. The van der Waals surface area contributed by atoms with Crippen LogP contribution in [0.4, 0.5) is 0 Å². The fraction of sp³-hybridized carbons (Fsp3) is 0.526. The first-order chi connectivity index (χ1) is 10.4. The topological polar surface area (TPSA) is 20.3 Å². The molecule has 0 N–H and O–H groups in total. The Labute approximate surface area is 141 Å². The molecule has 1 aromatic carbocycles. The van der Waals surface area contributed by atoms with E-state index in [0.29, 0.717) is 33.3 Å². The number of benzene rings is 1. The summed E-state index contributed by atoms with van der Waals surface area (Å²) in [5, 5.41) is 1.15. The fourth-order valence-electron chi connectivity index (χ4n) is 3.06. The number of rotatable bonds is 6. The van der Waals surface area contributed by atoms with Crippen LogP contribution in [-0.4, -0.2) is 38.9 Å². The Hall–Kier alpha value is -1.05. The van der Waals surface area contributed by atoms with Crippen molar-refractivity contribution < 1.29 is 4.79 Å². The maximum absolute atomic E-state index is 12.7. The Morgan fingerprint density at radius 3 is 2.59 bits per heavy atom. The molecule has 0 aromatic heterocycles. The molecule has 0 aliphatic carbocycles. The SMILES string of the molecule is C=CCN1C[C@H](C[Se]c2ccccc2)[C@@H](CC(C)(C)C)C1=O. The number of carbonyl (C=O) groups is 1. The van der Waals surface area contributed by atoms with Crippen molar-refractivity contribution in [1.82, 2.24) is 4.90 Å². The molecule has 1 amide bonds. The molecule has 0 bridgehead atoms. The maximum atomic E-state index is 12.7. The van der Waals surface area contributed by atoms with E-state index in [2.05, 4.69) is 57.7 Å². The van der Waals surface area contributed by atoms with Gasteiger partial charge in [-0.1, -0.05) is 0 Å². The van der Waals surface area contributed by atoms with Gasteiger partial charge in [-0.25, -0.2) is 0 Å². The summed E-state index contributed by atoms with van der Waals surface area (Å²) in [7, 11) is 0. The summed E-state index contributed by atoms with van der Waals surface area (Å²) in [4.78, 5) is 14.7. The van der Waals surface area contributed by atoms with E-state index in [1.807, 2.05) is 11.0 Å². The summed E-state index contributed by atoms with van der Waals surface area (Å²) >= 11 is 0.451. The second kappa shape index (κ2) is 7.48. The molecule has 2 atom stereocenters. The molecule has 2 nitrogen and oxygen atoms in total. The summed E-state index contributed by atoms with van der Waals surface area (Å²) in [5.74, 6) is 1.01. The number of amides is 1. The van der Waals surface area contributed by atoms with Gasteiger partial charge in [-0.2, -0.15) is 0 Å².